The van der Waals surface area contributed by atoms with Gasteiger partial charge in [0.25, 0.3) is 0 Å². The van der Waals surface area contributed by atoms with Gasteiger partial charge in [-0.2, -0.15) is 0 Å². The van der Waals surface area contributed by atoms with Gasteiger partial charge in [-0.25, -0.2) is 0 Å². The van der Waals surface area contributed by atoms with Gasteiger partial charge in [0.1, 0.15) is 5.60 Å². The summed E-state index contributed by atoms with van der Waals surface area (Å²) in [6, 6.07) is -0.132. The maximum Gasteiger partial charge on any atom is 0.164 e. The van der Waals surface area contributed by atoms with Gasteiger partial charge in [-0.1, -0.05) is 6.08 Å². The van der Waals surface area contributed by atoms with Crippen molar-refractivity contribution in [2.75, 3.05) is 6.61 Å². The van der Waals surface area contributed by atoms with Crippen LogP contribution < -0.4 is 5.73 Å². The third-order valence-corrected chi connectivity index (χ3v) is 5.02. The standard InChI is InChI=1S/C15H23NO4/c1-12(2)17-7-9-5-10(16)14-6-11(15(9,8-14)20-12)18-13(3,4)19-14/h5,10-11H,6-8,16H2,1-4H3/t10?,11?,14?,15-/m0/s1. The number of rotatable bonds is 0. The number of fused-ring (bicyclic) bond motifs is 1. The highest BCUT2D eigenvalue weighted by molar-refractivity contribution is 5.38. The molecule has 4 aliphatic rings. The Hall–Kier alpha value is -0.460. The molecule has 0 amide bonds. The van der Waals surface area contributed by atoms with Crippen LogP contribution in [-0.2, 0) is 18.9 Å². The first-order chi connectivity index (χ1) is 9.17. The summed E-state index contributed by atoms with van der Waals surface area (Å²) in [6.07, 6.45) is 3.60. The van der Waals surface area contributed by atoms with E-state index in [9.17, 15) is 0 Å². The Morgan fingerprint density at radius 2 is 1.90 bits per heavy atom. The van der Waals surface area contributed by atoms with Crippen LogP contribution in [0.4, 0.5) is 0 Å². The molecule has 5 heteroatoms. The monoisotopic (exact) mass is 281 g/mol. The Labute approximate surface area is 119 Å². The smallest absolute Gasteiger partial charge is 0.164 e. The van der Waals surface area contributed by atoms with Gasteiger partial charge in [0.2, 0.25) is 0 Å². The zero-order valence-corrected chi connectivity index (χ0v) is 12.6. The molecular formula is C15H23NO4. The Bertz CT molecular complexity index is 500. The summed E-state index contributed by atoms with van der Waals surface area (Å²) in [5.41, 5.74) is 6.69. The first-order valence-corrected chi connectivity index (χ1v) is 7.35. The lowest BCUT2D eigenvalue weighted by Crippen LogP contribution is -2.58. The first kappa shape index (κ1) is 13.2. The van der Waals surface area contributed by atoms with E-state index in [1.807, 2.05) is 27.7 Å². The summed E-state index contributed by atoms with van der Waals surface area (Å²) in [5.74, 6) is -1.23. The average molecular weight is 281 g/mol. The molecule has 3 fully saturated rings. The van der Waals surface area contributed by atoms with Crippen molar-refractivity contribution in [1.82, 2.24) is 0 Å². The van der Waals surface area contributed by atoms with Crippen LogP contribution >= 0.6 is 0 Å². The van der Waals surface area contributed by atoms with E-state index in [2.05, 4.69) is 6.08 Å². The van der Waals surface area contributed by atoms with E-state index in [4.69, 9.17) is 24.7 Å². The van der Waals surface area contributed by atoms with Crippen LogP contribution in [0.25, 0.3) is 0 Å². The van der Waals surface area contributed by atoms with Gasteiger partial charge in [-0.3, -0.25) is 0 Å². The van der Waals surface area contributed by atoms with Crippen molar-refractivity contribution in [2.24, 2.45) is 5.73 Å². The molecule has 4 rings (SSSR count). The van der Waals surface area contributed by atoms with Crippen molar-refractivity contribution in [3.63, 3.8) is 0 Å². The van der Waals surface area contributed by atoms with E-state index in [-0.39, 0.29) is 17.7 Å². The lowest BCUT2D eigenvalue weighted by atomic mass is 9.78. The molecule has 4 atom stereocenters. The molecule has 3 bridgehead atoms. The molecule has 2 aliphatic heterocycles. The molecule has 0 aromatic rings. The van der Waals surface area contributed by atoms with Crippen molar-refractivity contribution in [2.45, 2.75) is 75.5 Å². The van der Waals surface area contributed by atoms with Gasteiger partial charge < -0.3 is 24.7 Å². The van der Waals surface area contributed by atoms with Crippen LogP contribution in [0.3, 0.4) is 0 Å². The largest absolute Gasteiger partial charge is 0.346 e. The molecular weight excluding hydrogens is 258 g/mol. The van der Waals surface area contributed by atoms with E-state index in [1.165, 1.54) is 0 Å². The Morgan fingerprint density at radius 1 is 1.15 bits per heavy atom. The van der Waals surface area contributed by atoms with Crippen LogP contribution in [0.15, 0.2) is 11.6 Å². The Kier molecular flexibility index (Phi) is 2.29. The molecule has 2 heterocycles. The molecule has 2 spiro atoms. The number of ether oxygens (including phenoxy) is 4. The van der Waals surface area contributed by atoms with Crippen LogP contribution in [0.1, 0.15) is 40.5 Å². The lowest BCUT2D eigenvalue weighted by Gasteiger charge is -2.48. The fraction of sp³-hybridized carbons (Fsp3) is 0.867. The molecule has 1 saturated carbocycles. The zero-order valence-electron chi connectivity index (χ0n) is 12.6. The molecule has 20 heavy (non-hydrogen) atoms. The van der Waals surface area contributed by atoms with Gasteiger partial charge in [-0.05, 0) is 33.3 Å². The zero-order chi connectivity index (χ0) is 14.4. The molecule has 0 aromatic heterocycles. The van der Waals surface area contributed by atoms with Crippen LogP contribution in [0.5, 0.6) is 0 Å². The summed E-state index contributed by atoms with van der Waals surface area (Å²) in [5, 5.41) is 0. The number of hydrogen-bond acceptors (Lipinski definition) is 5. The minimum absolute atomic E-state index is 0.0192. The topological polar surface area (TPSA) is 62.9 Å². The maximum atomic E-state index is 6.38. The predicted octanol–water partition coefficient (Wildman–Crippen LogP) is 1.46. The van der Waals surface area contributed by atoms with Crippen LogP contribution in [0, 0.1) is 0 Å². The van der Waals surface area contributed by atoms with Crippen LogP contribution in [0.2, 0.25) is 0 Å². The molecule has 112 valence electrons. The van der Waals surface area contributed by atoms with Crippen molar-refractivity contribution in [3.8, 4) is 0 Å². The highest BCUT2D eigenvalue weighted by atomic mass is 16.8. The van der Waals surface area contributed by atoms with Gasteiger partial charge >= 0.3 is 0 Å². The molecule has 3 unspecified atom stereocenters. The van der Waals surface area contributed by atoms with Crippen molar-refractivity contribution >= 4 is 0 Å². The molecule has 2 aliphatic carbocycles. The second kappa shape index (κ2) is 3.47. The highest BCUT2D eigenvalue weighted by Gasteiger charge is 2.70. The fourth-order valence-corrected chi connectivity index (χ4v) is 4.39. The SMILES string of the molecule is CC1(C)OC2CC3(C[C@@]24OC(C)(C)OCC4=CC3N)O1. The van der Waals surface area contributed by atoms with Crippen molar-refractivity contribution < 1.29 is 18.9 Å². The second-order valence-electron chi connectivity index (χ2n) is 7.45. The number of nitrogens with two attached hydrogens (primary N) is 1. The van der Waals surface area contributed by atoms with Crippen LogP contribution in [-0.4, -0.2) is 41.5 Å². The van der Waals surface area contributed by atoms with Crippen molar-refractivity contribution in [3.05, 3.63) is 11.6 Å². The van der Waals surface area contributed by atoms with E-state index in [0.717, 1.165) is 18.4 Å². The van der Waals surface area contributed by atoms with Gasteiger partial charge in [0.05, 0.1) is 24.4 Å². The van der Waals surface area contributed by atoms with E-state index in [1.54, 1.807) is 0 Å². The van der Waals surface area contributed by atoms with E-state index >= 15 is 0 Å². The second-order valence-corrected chi connectivity index (χ2v) is 7.45. The average Bonchev–Trinajstić information content (AvgIpc) is 2.47. The minimum atomic E-state index is -0.626. The lowest BCUT2D eigenvalue weighted by molar-refractivity contribution is -0.336. The maximum absolute atomic E-state index is 6.38. The van der Waals surface area contributed by atoms with E-state index in [0.29, 0.717) is 6.61 Å². The summed E-state index contributed by atoms with van der Waals surface area (Å²) < 4.78 is 24.6. The minimum Gasteiger partial charge on any atom is -0.346 e. The molecule has 5 nitrogen and oxygen atoms in total. The summed E-state index contributed by atoms with van der Waals surface area (Å²) in [4.78, 5) is 0. The molecule has 0 aromatic carbocycles. The third kappa shape index (κ3) is 1.56. The van der Waals surface area contributed by atoms with Gasteiger partial charge in [0, 0.05) is 12.8 Å². The highest BCUT2D eigenvalue weighted by Crippen LogP contribution is 2.60. The van der Waals surface area contributed by atoms with Crippen molar-refractivity contribution in [1.29, 1.82) is 0 Å². The molecule has 2 N–H and O–H groups in total. The Balaban J connectivity index is 1.84. The number of hydrogen-bond donors (Lipinski definition) is 1. The molecule has 2 saturated heterocycles. The van der Waals surface area contributed by atoms with Gasteiger partial charge in [-0.15, -0.1) is 0 Å². The quantitative estimate of drug-likeness (QED) is 0.681. The molecule has 0 radical (unpaired) electrons. The predicted molar refractivity (Wildman–Crippen MR) is 71.9 cm³/mol. The fourth-order valence-electron chi connectivity index (χ4n) is 4.39. The normalized spacial score (nSPS) is 51.4. The summed E-state index contributed by atoms with van der Waals surface area (Å²) >= 11 is 0. The first-order valence-electron chi connectivity index (χ1n) is 7.35. The summed E-state index contributed by atoms with van der Waals surface area (Å²) in [6.45, 7) is 8.36. The Morgan fingerprint density at radius 3 is 2.65 bits per heavy atom. The summed E-state index contributed by atoms with van der Waals surface area (Å²) in [7, 11) is 0. The van der Waals surface area contributed by atoms with E-state index < -0.39 is 17.2 Å². The third-order valence-electron chi connectivity index (χ3n) is 5.02. The van der Waals surface area contributed by atoms with Gasteiger partial charge in [0.15, 0.2) is 11.6 Å².